The third-order valence-corrected chi connectivity index (χ3v) is 5.94. The van der Waals surface area contributed by atoms with Gasteiger partial charge in [-0.3, -0.25) is 0 Å². The van der Waals surface area contributed by atoms with E-state index in [1.807, 2.05) is 6.07 Å². The van der Waals surface area contributed by atoms with Crippen molar-refractivity contribution in [3.63, 3.8) is 0 Å². The van der Waals surface area contributed by atoms with Crippen LogP contribution >= 0.6 is 11.6 Å². The molecule has 3 nitrogen and oxygen atoms in total. The van der Waals surface area contributed by atoms with Gasteiger partial charge in [0.2, 0.25) is 0 Å². The van der Waals surface area contributed by atoms with Crippen LogP contribution in [-0.4, -0.2) is 28.2 Å². The molecule has 0 spiro atoms. The molecule has 1 saturated carbocycles. The average Bonchev–Trinajstić information content (AvgIpc) is 2.92. The number of nitrogens with zero attached hydrogens (tertiary/aromatic N) is 3. The Morgan fingerprint density at radius 3 is 2.64 bits per heavy atom. The van der Waals surface area contributed by atoms with Crippen LogP contribution in [0.5, 0.6) is 0 Å². The van der Waals surface area contributed by atoms with Crippen molar-refractivity contribution in [2.24, 2.45) is 0 Å². The number of hydrogen-bond acceptors (Lipinski definition) is 2. The zero-order chi connectivity index (χ0) is 20.1. The summed E-state index contributed by atoms with van der Waals surface area (Å²) in [5, 5.41) is 11.1. The Kier molecular flexibility index (Phi) is 4.67. The number of allylic oxidation sites excluding steroid dienone is 2. The average molecular weight is 406 g/mol. The van der Waals surface area contributed by atoms with Gasteiger partial charge in [0.15, 0.2) is 0 Å². The molecule has 1 aromatic carbocycles. The highest BCUT2D eigenvalue weighted by Crippen LogP contribution is 2.43. The van der Waals surface area contributed by atoms with Gasteiger partial charge in [0.05, 0.1) is 22.5 Å². The summed E-state index contributed by atoms with van der Waals surface area (Å²) in [5.74, 6) is 0. The van der Waals surface area contributed by atoms with Gasteiger partial charge in [-0.1, -0.05) is 23.8 Å². The van der Waals surface area contributed by atoms with E-state index in [0.717, 1.165) is 31.7 Å². The van der Waals surface area contributed by atoms with E-state index in [-0.39, 0.29) is 12.6 Å². The first-order valence-corrected chi connectivity index (χ1v) is 9.65. The highest BCUT2D eigenvalue weighted by atomic mass is 35.5. The quantitative estimate of drug-likeness (QED) is 0.622. The lowest BCUT2D eigenvalue weighted by molar-refractivity contribution is -0.169. The number of halogens is 4. The molecule has 1 fully saturated rings. The number of alkyl halides is 3. The van der Waals surface area contributed by atoms with Crippen LogP contribution in [0.25, 0.3) is 16.6 Å². The maximum atomic E-state index is 13.5. The Bertz CT molecular complexity index is 1020. The second kappa shape index (κ2) is 6.89. The predicted molar refractivity (Wildman–Crippen MR) is 104 cm³/mol. The minimum atomic E-state index is -4.37. The van der Waals surface area contributed by atoms with E-state index >= 15 is 0 Å². The van der Waals surface area contributed by atoms with E-state index in [1.54, 1.807) is 30.4 Å². The number of fused-ring (bicyclic) bond motifs is 1. The van der Waals surface area contributed by atoms with E-state index in [2.05, 4.69) is 10.6 Å². The van der Waals surface area contributed by atoms with Crippen LogP contribution < -0.4 is 0 Å². The standard InChI is InChI=1S/C21H19ClF3N3/c1-13(21(23,24)25)27-10-3-2-7-19(27)20-17(12-26)16-11-14(22)8-9-18(16)28(20)15-5-4-6-15/h2-3,7-9,11,13,15H,4-6,10H2,1H3/t13-/m0/s1. The van der Waals surface area contributed by atoms with Gasteiger partial charge in [0, 0.05) is 23.0 Å². The van der Waals surface area contributed by atoms with Crippen molar-refractivity contribution in [2.75, 3.05) is 6.54 Å². The molecule has 0 unspecified atom stereocenters. The molecule has 0 bridgehead atoms. The molecule has 4 rings (SSSR count). The molecule has 1 aliphatic heterocycles. The van der Waals surface area contributed by atoms with Crippen molar-refractivity contribution >= 4 is 28.2 Å². The van der Waals surface area contributed by atoms with Crippen molar-refractivity contribution < 1.29 is 13.2 Å². The van der Waals surface area contributed by atoms with Gasteiger partial charge in [0.25, 0.3) is 0 Å². The van der Waals surface area contributed by atoms with Gasteiger partial charge >= 0.3 is 6.18 Å². The fourth-order valence-electron chi connectivity index (χ4n) is 3.96. The van der Waals surface area contributed by atoms with Crippen LogP contribution in [0.15, 0.2) is 36.4 Å². The largest absolute Gasteiger partial charge is 0.408 e. The summed E-state index contributed by atoms with van der Waals surface area (Å²) in [6, 6.07) is 6.09. The predicted octanol–water partition coefficient (Wildman–Crippen LogP) is 6.05. The molecule has 0 radical (unpaired) electrons. The Hall–Kier alpha value is -2.39. The summed E-state index contributed by atoms with van der Waals surface area (Å²) in [5.41, 5.74) is 2.22. The first kappa shape index (κ1) is 18.9. The molecular formula is C21H19ClF3N3. The normalized spacial score (nSPS) is 18.7. The Labute approximate surface area is 166 Å². The smallest absolute Gasteiger partial charge is 0.354 e. The van der Waals surface area contributed by atoms with Gasteiger partial charge in [-0.25, -0.2) is 0 Å². The summed E-state index contributed by atoms with van der Waals surface area (Å²) in [6.45, 7) is 1.30. The lowest BCUT2D eigenvalue weighted by atomic mass is 9.92. The van der Waals surface area contributed by atoms with Crippen LogP contribution in [0.3, 0.4) is 0 Å². The van der Waals surface area contributed by atoms with Gasteiger partial charge in [-0.15, -0.1) is 0 Å². The molecule has 0 N–H and O–H groups in total. The third-order valence-electron chi connectivity index (χ3n) is 5.70. The van der Waals surface area contributed by atoms with Gasteiger partial charge in [-0.05, 0) is 50.5 Å². The minimum Gasteiger partial charge on any atom is -0.354 e. The fraction of sp³-hybridized carbons (Fsp3) is 0.381. The Morgan fingerprint density at radius 1 is 1.29 bits per heavy atom. The molecule has 0 saturated heterocycles. The zero-order valence-corrected chi connectivity index (χ0v) is 16.1. The second-order valence-electron chi connectivity index (χ2n) is 7.30. The summed E-state index contributed by atoms with van der Waals surface area (Å²) in [4.78, 5) is 1.33. The van der Waals surface area contributed by atoms with Crippen molar-refractivity contribution in [2.45, 2.75) is 44.4 Å². The molecule has 2 heterocycles. The lowest BCUT2D eigenvalue weighted by Gasteiger charge is -2.37. The minimum absolute atomic E-state index is 0.143. The summed E-state index contributed by atoms with van der Waals surface area (Å²) < 4.78 is 42.6. The van der Waals surface area contributed by atoms with Crippen molar-refractivity contribution in [3.05, 3.63) is 52.7 Å². The molecule has 1 aromatic heterocycles. The van der Waals surface area contributed by atoms with Crippen molar-refractivity contribution in [1.82, 2.24) is 9.47 Å². The fourth-order valence-corrected chi connectivity index (χ4v) is 4.13. The molecule has 2 aliphatic rings. The van der Waals surface area contributed by atoms with E-state index in [0.29, 0.717) is 27.4 Å². The topological polar surface area (TPSA) is 32.0 Å². The van der Waals surface area contributed by atoms with Crippen LogP contribution in [0.2, 0.25) is 5.02 Å². The van der Waals surface area contributed by atoms with E-state index in [1.165, 1.54) is 4.90 Å². The van der Waals surface area contributed by atoms with Crippen molar-refractivity contribution in [3.8, 4) is 6.07 Å². The Morgan fingerprint density at radius 2 is 2.04 bits per heavy atom. The summed E-state index contributed by atoms with van der Waals surface area (Å²) in [6.07, 6.45) is 3.73. The highest BCUT2D eigenvalue weighted by molar-refractivity contribution is 6.31. The molecular weight excluding hydrogens is 387 g/mol. The monoisotopic (exact) mass is 405 g/mol. The molecule has 146 valence electrons. The molecule has 28 heavy (non-hydrogen) atoms. The van der Waals surface area contributed by atoms with Crippen LogP contribution in [0, 0.1) is 11.3 Å². The first-order valence-electron chi connectivity index (χ1n) is 9.27. The molecule has 1 atom stereocenters. The van der Waals surface area contributed by atoms with E-state index in [4.69, 9.17) is 11.6 Å². The number of aromatic nitrogens is 1. The Balaban J connectivity index is 1.98. The number of benzene rings is 1. The second-order valence-corrected chi connectivity index (χ2v) is 7.74. The summed E-state index contributed by atoms with van der Waals surface area (Å²) in [7, 11) is 0. The van der Waals surface area contributed by atoms with Crippen LogP contribution in [-0.2, 0) is 0 Å². The number of nitriles is 1. The lowest BCUT2D eigenvalue weighted by Crippen LogP contribution is -2.43. The maximum absolute atomic E-state index is 13.5. The van der Waals surface area contributed by atoms with Crippen LogP contribution in [0.1, 0.15) is 43.5 Å². The molecule has 0 amide bonds. The van der Waals surface area contributed by atoms with Gasteiger partial charge < -0.3 is 9.47 Å². The van der Waals surface area contributed by atoms with E-state index < -0.39 is 12.2 Å². The van der Waals surface area contributed by atoms with Crippen molar-refractivity contribution in [1.29, 1.82) is 5.26 Å². The van der Waals surface area contributed by atoms with Gasteiger partial charge in [0.1, 0.15) is 12.1 Å². The van der Waals surface area contributed by atoms with Crippen LogP contribution in [0.4, 0.5) is 13.2 Å². The SMILES string of the molecule is C[C@H](N1CC=CC=C1c1c(C#N)c2cc(Cl)ccc2n1C1CCC1)C(F)(F)F. The first-order chi connectivity index (χ1) is 13.3. The zero-order valence-electron chi connectivity index (χ0n) is 15.3. The number of hydrogen-bond donors (Lipinski definition) is 0. The number of rotatable bonds is 3. The molecule has 1 aliphatic carbocycles. The third kappa shape index (κ3) is 2.98. The summed E-state index contributed by atoms with van der Waals surface area (Å²) >= 11 is 6.16. The highest BCUT2D eigenvalue weighted by Gasteiger charge is 2.42. The maximum Gasteiger partial charge on any atom is 0.408 e. The molecule has 7 heteroatoms. The van der Waals surface area contributed by atoms with Gasteiger partial charge in [-0.2, -0.15) is 18.4 Å². The molecule has 2 aromatic rings. The van der Waals surface area contributed by atoms with E-state index in [9.17, 15) is 18.4 Å².